The smallest absolute Gasteiger partial charge is 0.0166 e. The van der Waals surface area contributed by atoms with Crippen molar-refractivity contribution in [3.63, 3.8) is 0 Å². The first-order valence-corrected chi connectivity index (χ1v) is 12.1. The van der Waals surface area contributed by atoms with Crippen LogP contribution in [0.3, 0.4) is 0 Å². The topological polar surface area (TPSA) is 28.2 Å². The number of rotatable bonds is 7. The summed E-state index contributed by atoms with van der Waals surface area (Å²) in [6.45, 7) is 26.8. The van der Waals surface area contributed by atoms with Crippen molar-refractivity contribution >= 4 is 0 Å². The number of hydrogen-bond acceptors (Lipinski definition) is 6. The first-order chi connectivity index (χ1) is 13.8. The molecule has 0 spiro atoms. The van der Waals surface area contributed by atoms with Gasteiger partial charge in [-0.1, -0.05) is 0 Å². The van der Waals surface area contributed by atoms with Gasteiger partial charge in [-0.25, -0.2) is 0 Å². The summed E-state index contributed by atoms with van der Waals surface area (Å²) in [4.78, 5) is 13.3. The quantitative estimate of drug-likeness (QED) is 0.678. The zero-order valence-electron chi connectivity index (χ0n) is 20.0. The fourth-order valence-electron chi connectivity index (χ4n) is 5.11. The van der Waals surface area contributed by atoms with Gasteiger partial charge in [0.15, 0.2) is 0 Å². The van der Waals surface area contributed by atoms with E-state index < -0.39 is 0 Å². The second-order valence-corrected chi connectivity index (χ2v) is 10.8. The minimum absolute atomic E-state index is 0.314. The monoisotopic (exact) mass is 408 g/mol. The summed E-state index contributed by atoms with van der Waals surface area (Å²) in [6.07, 6.45) is 2.56. The molecular weight excluding hydrogens is 360 g/mol. The molecule has 0 atom stereocenters. The van der Waals surface area contributed by atoms with Crippen LogP contribution in [0.4, 0.5) is 0 Å². The van der Waals surface area contributed by atoms with Crippen LogP contribution in [0.15, 0.2) is 0 Å². The van der Waals surface area contributed by atoms with E-state index >= 15 is 0 Å². The molecule has 3 rings (SSSR count). The highest BCUT2D eigenvalue weighted by atomic mass is 15.3. The van der Waals surface area contributed by atoms with E-state index in [1.165, 1.54) is 91.4 Å². The van der Waals surface area contributed by atoms with Crippen molar-refractivity contribution in [1.82, 2.24) is 29.8 Å². The fraction of sp³-hybridized carbons (Fsp3) is 1.00. The minimum atomic E-state index is 0.314. The molecule has 0 radical (unpaired) electrons. The number of likely N-dealkylation sites (N-methyl/N-ethyl adjacent to an activating group) is 1. The maximum Gasteiger partial charge on any atom is 0.0166 e. The van der Waals surface area contributed by atoms with E-state index in [0.717, 1.165) is 13.1 Å². The highest BCUT2D eigenvalue weighted by molar-refractivity contribution is 4.89. The summed E-state index contributed by atoms with van der Waals surface area (Å²) in [5.74, 6) is 0. The zero-order chi connectivity index (χ0) is 20.9. The predicted molar refractivity (Wildman–Crippen MR) is 124 cm³/mol. The number of piperazine rings is 2. The summed E-state index contributed by atoms with van der Waals surface area (Å²) in [7, 11) is 2.27. The van der Waals surface area contributed by atoms with Crippen LogP contribution in [0.5, 0.6) is 0 Å². The van der Waals surface area contributed by atoms with Gasteiger partial charge in [-0.15, -0.1) is 0 Å². The second kappa shape index (κ2) is 10.4. The molecule has 0 saturated carbocycles. The normalized spacial score (nSPS) is 27.2. The Morgan fingerprint density at radius 3 is 2.10 bits per heavy atom. The number of nitrogens with zero attached hydrogens (tertiary/aromatic N) is 5. The Hall–Kier alpha value is -0.240. The van der Waals surface area contributed by atoms with E-state index in [-0.39, 0.29) is 0 Å². The van der Waals surface area contributed by atoms with Crippen LogP contribution in [-0.4, -0.2) is 134 Å². The van der Waals surface area contributed by atoms with Crippen molar-refractivity contribution in [1.29, 1.82) is 0 Å². The molecule has 0 aromatic heterocycles. The molecule has 3 aliphatic rings. The van der Waals surface area contributed by atoms with Crippen LogP contribution in [0.1, 0.15) is 40.5 Å². The van der Waals surface area contributed by atoms with Crippen molar-refractivity contribution in [3.8, 4) is 0 Å². The number of nitrogens with one attached hydrogen (secondary N) is 1. The van der Waals surface area contributed by atoms with E-state index in [1.54, 1.807) is 0 Å². The lowest BCUT2D eigenvalue weighted by Gasteiger charge is -2.46. The molecule has 0 unspecified atom stereocenters. The van der Waals surface area contributed by atoms with Gasteiger partial charge >= 0.3 is 0 Å². The maximum absolute atomic E-state index is 3.46. The van der Waals surface area contributed by atoms with Gasteiger partial charge in [-0.3, -0.25) is 14.7 Å². The van der Waals surface area contributed by atoms with E-state index in [0.29, 0.717) is 11.1 Å². The lowest BCUT2D eigenvalue weighted by molar-refractivity contribution is 0.0310. The van der Waals surface area contributed by atoms with E-state index in [1.807, 2.05) is 0 Å². The van der Waals surface area contributed by atoms with Crippen molar-refractivity contribution < 1.29 is 0 Å². The Morgan fingerprint density at radius 1 is 0.759 bits per heavy atom. The zero-order valence-corrected chi connectivity index (χ0v) is 20.0. The molecule has 6 nitrogen and oxygen atoms in total. The van der Waals surface area contributed by atoms with Gasteiger partial charge in [0.05, 0.1) is 0 Å². The Morgan fingerprint density at radius 2 is 1.41 bits per heavy atom. The lowest BCUT2D eigenvalue weighted by atomic mass is 9.96. The Labute approximate surface area is 180 Å². The molecule has 0 aromatic rings. The summed E-state index contributed by atoms with van der Waals surface area (Å²) in [5.41, 5.74) is 0.646. The van der Waals surface area contributed by atoms with Gasteiger partial charge in [0.2, 0.25) is 0 Å². The molecule has 29 heavy (non-hydrogen) atoms. The van der Waals surface area contributed by atoms with Crippen LogP contribution < -0.4 is 5.32 Å². The molecule has 0 aromatic carbocycles. The van der Waals surface area contributed by atoms with Crippen molar-refractivity contribution in [2.75, 3.05) is 98.7 Å². The molecule has 0 aliphatic carbocycles. The van der Waals surface area contributed by atoms with Crippen LogP contribution in [0, 0.1) is 0 Å². The van der Waals surface area contributed by atoms with E-state index in [4.69, 9.17) is 0 Å². The van der Waals surface area contributed by atoms with Crippen molar-refractivity contribution in [3.05, 3.63) is 0 Å². The highest BCUT2D eigenvalue weighted by Crippen LogP contribution is 2.23. The van der Waals surface area contributed by atoms with E-state index in [2.05, 4.69) is 64.6 Å². The largest absolute Gasteiger partial charge is 0.314 e. The van der Waals surface area contributed by atoms with Crippen LogP contribution in [0.25, 0.3) is 0 Å². The summed E-state index contributed by atoms with van der Waals surface area (Å²) < 4.78 is 0. The molecule has 170 valence electrons. The molecule has 3 aliphatic heterocycles. The Kier molecular flexibility index (Phi) is 8.38. The average Bonchev–Trinajstić information content (AvgIpc) is 2.84. The van der Waals surface area contributed by atoms with E-state index in [9.17, 15) is 0 Å². The Balaban J connectivity index is 1.39. The third-order valence-electron chi connectivity index (χ3n) is 7.88. The predicted octanol–water partition coefficient (Wildman–Crippen LogP) is 1.09. The molecule has 0 amide bonds. The molecule has 6 heteroatoms. The van der Waals surface area contributed by atoms with Crippen LogP contribution in [0.2, 0.25) is 0 Å². The molecule has 3 heterocycles. The van der Waals surface area contributed by atoms with Gasteiger partial charge < -0.3 is 15.1 Å². The summed E-state index contributed by atoms with van der Waals surface area (Å²) in [5, 5.41) is 3.46. The SMILES string of the molecule is CN1CCN(CCN2CCN(C(C)(C)CCN3CCNCC3)CC2)C(C)(C)CC1. The average molecular weight is 409 g/mol. The molecule has 0 bridgehead atoms. The molecule has 3 saturated heterocycles. The maximum atomic E-state index is 3.46. The third kappa shape index (κ3) is 6.88. The Bertz CT molecular complexity index is 480. The summed E-state index contributed by atoms with van der Waals surface area (Å²) in [6, 6.07) is 0. The first-order valence-electron chi connectivity index (χ1n) is 12.1. The molecular formula is C23H48N6. The second-order valence-electron chi connectivity index (χ2n) is 10.8. The van der Waals surface area contributed by atoms with Crippen LogP contribution >= 0.6 is 0 Å². The number of hydrogen-bond donors (Lipinski definition) is 1. The minimum Gasteiger partial charge on any atom is -0.314 e. The first kappa shape index (κ1) is 23.4. The lowest BCUT2D eigenvalue weighted by Crippen LogP contribution is -2.57. The van der Waals surface area contributed by atoms with Gasteiger partial charge in [0.1, 0.15) is 0 Å². The molecule has 1 N–H and O–H groups in total. The van der Waals surface area contributed by atoms with Gasteiger partial charge in [-0.2, -0.15) is 0 Å². The summed E-state index contributed by atoms with van der Waals surface area (Å²) >= 11 is 0. The fourth-order valence-corrected chi connectivity index (χ4v) is 5.11. The van der Waals surface area contributed by atoms with Crippen molar-refractivity contribution in [2.24, 2.45) is 0 Å². The standard InChI is InChI=1S/C23H48N6/c1-22(2)6-10-25(5)14-18-28(22)19-15-27-16-20-29(21-17-27)23(3,4)7-11-26-12-8-24-9-13-26/h24H,6-21H2,1-5H3. The van der Waals surface area contributed by atoms with Gasteiger partial charge in [-0.05, 0) is 60.7 Å². The third-order valence-corrected chi connectivity index (χ3v) is 7.88. The molecule has 3 fully saturated rings. The highest BCUT2D eigenvalue weighted by Gasteiger charge is 2.32. The van der Waals surface area contributed by atoms with Crippen molar-refractivity contribution in [2.45, 2.75) is 51.6 Å². The van der Waals surface area contributed by atoms with Gasteiger partial charge in [0.25, 0.3) is 0 Å². The van der Waals surface area contributed by atoms with Crippen LogP contribution in [-0.2, 0) is 0 Å². The van der Waals surface area contributed by atoms with Gasteiger partial charge in [0, 0.05) is 89.6 Å².